The maximum atomic E-state index is 11.8. The zero-order valence-electron chi connectivity index (χ0n) is 18.8. The number of morpholine rings is 1. The van der Waals surface area contributed by atoms with Crippen LogP contribution >= 0.6 is 11.3 Å². The standard InChI is InChI=1S/C21H27N7O3S2/c1-15-22-12-16(13-23-15)19-24-20(27-7-9-31-10-8-27)18-11-17(32-21(18)25-19)14-26-3-5-28(6-4-26)33(2,29)30/h11-13H,3-10,14H2,1-2H3. The first-order valence-electron chi connectivity index (χ1n) is 11.0. The van der Waals surface area contributed by atoms with E-state index in [1.165, 1.54) is 11.1 Å². The second-order valence-electron chi connectivity index (χ2n) is 8.36. The van der Waals surface area contributed by atoms with Gasteiger partial charge in [-0.05, 0) is 13.0 Å². The van der Waals surface area contributed by atoms with E-state index in [0.717, 1.165) is 54.3 Å². The average molecular weight is 490 g/mol. The van der Waals surface area contributed by atoms with Gasteiger partial charge in [-0.25, -0.2) is 28.4 Å². The molecule has 0 bridgehead atoms. The van der Waals surface area contributed by atoms with Gasteiger partial charge in [0.15, 0.2) is 5.82 Å². The predicted octanol–water partition coefficient (Wildman–Crippen LogP) is 1.37. The molecule has 2 saturated heterocycles. The molecule has 176 valence electrons. The summed E-state index contributed by atoms with van der Waals surface area (Å²) >= 11 is 1.66. The summed E-state index contributed by atoms with van der Waals surface area (Å²) in [4.78, 5) is 25.1. The number of nitrogens with zero attached hydrogens (tertiary/aromatic N) is 7. The van der Waals surface area contributed by atoms with Crippen LogP contribution in [0.2, 0.25) is 0 Å². The van der Waals surface area contributed by atoms with E-state index in [9.17, 15) is 8.42 Å². The van der Waals surface area contributed by atoms with Crippen LogP contribution in [0.5, 0.6) is 0 Å². The molecule has 3 aromatic rings. The molecular weight excluding hydrogens is 462 g/mol. The van der Waals surface area contributed by atoms with Crippen LogP contribution in [0.25, 0.3) is 21.6 Å². The Balaban J connectivity index is 1.45. The number of hydrogen-bond donors (Lipinski definition) is 0. The van der Waals surface area contributed by atoms with Gasteiger partial charge in [-0.15, -0.1) is 11.3 Å². The van der Waals surface area contributed by atoms with Gasteiger partial charge < -0.3 is 9.64 Å². The van der Waals surface area contributed by atoms with Crippen LogP contribution in [0.4, 0.5) is 5.82 Å². The van der Waals surface area contributed by atoms with Crippen LogP contribution in [-0.2, 0) is 21.3 Å². The zero-order valence-corrected chi connectivity index (χ0v) is 20.4. The maximum Gasteiger partial charge on any atom is 0.211 e. The third-order valence-electron chi connectivity index (χ3n) is 5.95. The fourth-order valence-corrected chi connectivity index (χ4v) is 6.02. The third kappa shape index (κ3) is 4.99. The molecule has 0 spiro atoms. The van der Waals surface area contributed by atoms with Gasteiger partial charge in [0.1, 0.15) is 16.5 Å². The molecule has 2 fully saturated rings. The van der Waals surface area contributed by atoms with Crippen molar-refractivity contribution in [1.82, 2.24) is 29.1 Å². The first-order chi connectivity index (χ1) is 15.9. The van der Waals surface area contributed by atoms with E-state index in [-0.39, 0.29) is 0 Å². The lowest BCUT2D eigenvalue weighted by molar-refractivity contribution is 0.122. The summed E-state index contributed by atoms with van der Waals surface area (Å²) in [5.74, 6) is 2.25. The van der Waals surface area contributed by atoms with Gasteiger partial charge in [0.2, 0.25) is 10.0 Å². The number of ether oxygens (including phenoxy) is 1. The Morgan fingerprint density at radius 1 is 1.03 bits per heavy atom. The van der Waals surface area contributed by atoms with E-state index in [0.29, 0.717) is 38.0 Å². The monoisotopic (exact) mass is 489 g/mol. The molecule has 10 nitrogen and oxygen atoms in total. The summed E-state index contributed by atoms with van der Waals surface area (Å²) in [6.07, 6.45) is 4.81. The first kappa shape index (κ1) is 22.5. The quantitative estimate of drug-likeness (QED) is 0.525. The van der Waals surface area contributed by atoms with Gasteiger partial charge in [-0.3, -0.25) is 4.90 Å². The summed E-state index contributed by atoms with van der Waals surface area (Å²) < 4.78 is 30.7. The Morgan fingerprint density at radius 3 is 2.39 bits per heavy atom. The van der Waals surface area contributed by atoms with Crippen molar-refractivity contribution in [3.05, 3.63) is 29.2 Å². The van der Waals surface area contributed by atoms with Gasteiger partial charge in [0, 0.05) is 63.1 Å². The average Bonchev–Trinajstić information content (AvgIpc) is 3.21. The van der Waals surface area contributed by atoms with Gasteiger partial charge in [-0.1, -0.05) is 0 Å². The van der Waals surface area contributed by atoms with Crippen LogP contribution in [0.15, 0.2) is 18.5 Å². The van der Waals surface area contributed by atoms with E-state index >= 15 is 0 Å². The smallest absolute Gasteiger partial charge is 0.211 e. The van der Waals surface area contributed by atoms with Crippen molar-refractivity contribution < 1.29 is 13.2 Å². The molecule has 0 aromatic carbocycles. The summed E-state index contributed by atoms with van der Waals surface area (Å²) in [7, 11) is -3.13. The van der Waals surface area contributed by atoms with Gasteiger partial charge >= 0.3 is 0 Å². The predicted molar refractivity (Wildman–Crippen MR) is 128 cm³/mol. The molecule has 0 saturated carbocycles. The van der Waals surface area contributed by atoms with Crippen LogP contribution in [-0.4, -0.2) is 96.3 Å². The third-order valence-corrected chi connectivity index (χ3v) is 8.27. The molecule has 5 rings (SSSR count). The Hall–Kier alpha value is -2.25. The molecule has 0 atom stereocenters. The minimum absolute atomic E-state index is 0.528. The molecule has 0 unspecified atom stereocenters. The molecule has 0 radical (unpaired) electrons. The van der Waals surface area contributed by atoms with Crippen molar-refractivity contribution in [2.45, 2.75) is 13.5 Å². The van der Waals surface area contributed by atoms with E-state index in [1.807, 2.05) is 6.92 Å². The van der Waals surface area contributed by atoms with Gasteiger partial charge in [0.25, 0.3) is 0 Å². The van der Waals surface area contributed by atoms with E-state index in [4.69, 9.17) is 14.7 Å². The first-order valence-corrected chi connectivity index (χ1v) is 13.6. The summed E-state index contributed by atoms with van der Waals surface area (Å²) in [6, 6.07) is 2.18. The minimum Gasteiger partial charge on any atom is -0.378 e. The number of hydrogen-bond acceptors (Lipinski definition) is 10. The number of aryl methyl sites for hydroxylation is 1. The molecule has 12 heteroatoms. The van der Waals surface area contributed by atoms with E-state index in [1.54, 1.807) is 28.0 Å². The lowest BCUT2D eigenvalue weighted by atomic mass is 10.2. The lowest BCUT2D eigenvalue weighted by Gasteiger charge is -2.32. The highest BCUT2D eigenvalue weighted by atomic mass is 32.2. The summed E-state index contributed by atoms with van der Waals surface area (Å²) in [6.45, 7) is 8.04. The Morgan fingerprint density at radius 2 is 1.73 bits per heavy atom. The fourth-order valence-electron chi connectivity index (χ4n) is 4.13. The molecule has 0 N–H and O–H groups in total. The SMILES string of the molecule is Cc1ncc(-c2nc(N3CCOCC3)c3cc(CN4CCN(S(C)(=O)=O)CC4)sc3n2)cn1. The van der Waals surface area contributed by atoms with Crippen LogP contribution in [0, 0.1) is 6.92 Å². The topological polar surface area (TPSA) is 105 Å². The molecule has 2 aliphatic heterocycles. The highest BCUT2D eigenvalue weighted by Gasteiger charge is 2.25. The molecule has 2 aliphatic rings. The number of anilines is 1. The normalized spacial score (nSPS) is 18.8. The molecular formula is C21H27N7O3S2. The highest BCUT2D eigenvalue weighted by molar-refractivity contribution is 7.88. The van der Waals surface area contributed by atoms with Crippen molar-refractivity contribution >= 4 is 37.4 Å². The van der Waals surface area contributed by atoms with E-state index in [2.05, 4.69) is 25.8 Å². The zero-order chi connectivity index (χ0) is 23.0. The van der Waals surface area contributed by atoms with Crippen LogP contribution in [0.1, 0.15) is 10.7 Å². The fraction of sp³-hybridized carbons (Fsp3) is 0.524. The largest absolute Gasteiger partial charge is 0.378 e. The van der Waals surface area contributed by atoms with Gasteiger partial charge in [0.05, 0.1) is 30.4 Å². The number of fused-ring (bicyclic) bond motifs is 1. The molecule has 3 aromatic heterocycles. The van der Waals surface area contributed by atoms with Crippen molar-refractivity contribution in [2.24, 2.45) is 0 Å². The van der Waals surface area contributed by atoms with Crippen LogP contribution < -0.4 is 4.90 Å². The second kappa shape index (κ2) is 9.18. The number of sulfonamides is 1. The summed E-state index contributed by atoms with van der Waals surface area (Å²) in [5.41, 5.74) is 0.795. The molecule has 0 amide bonds. The number of rotatable bonds is 5. The van der Waals surface area contributed by atoms with Crippen molar-refractivity contribution in [2.75, 3.05) is 63.6 Å². The highest BCUT2D eigenvalue weighted by Crippen LogP contribution is 2.34. The Kier molecular flexibility index (Phi) is 6.27. The Labute approximate surface area is 197 Å². The second-order valence-corrected chi connectivity index (χ2v) is 11.5. The summed E-state index contributed by atoms with van der Waals surface area (Å²) in [5, 5.41) is 1.04. The van der Waals surface area contributed by atoms with E-state index < -0.39 is 10.0 Å². The molecule has 5 heterocycles. The van der Waals surface area contributed by atoms with Crippen molar-refractivity contribution in [3.63, 3.8) is 0 Å². The lowest BCUT2D eigenvalue weighted by Crippen LogP contribution is -2.47. The number of thiophene rings is 1. The number of piperazine rings is 1. The van der Waals surface area contributed by atoms with Crippen molar-refractivity contribution in [3.8, 4) is 11.4 Å². The molecule has 0 aliphatic carbocycles. The van der Waals surface area contributed by atoms with Gasteiger partial charge in [-0.2, -0.15) is 4.31 Å². The molecule has 33 heavy (non-hydrogen) atoms. The van der Waals surface area contributed by atoms with Crippen LogP contribution in [0.3, 0.4) is 0 Å². The maximum absolute atomic E-state index is 11.8. The number of aromatic nitrogens is 4. The van der Waals surface area contributed by atoms with Crippen molar-refractivity contribution in [1.29, 1.82) is 0 Å². The minimum atomic E-state index is -3.13. The Bertz CT molecular complexity index is 1230.